The van der Waals surface area contributed by atoms with Crippen molar-refractivity contribution in [3.63, 3.8) is 0 Å². The Balaban J connectivity index is 1.97. The molecule has 0 aliphatic rings. The Bertz CT molecular complexity index is 680. The molecule has 2 rings (SSSR count). The molecule has 0 aliphatic carbocycles. The molecule has 0 saturated heterocycles. The van der Waals surface area contributed by atoms with Crippen molar-refractivity contribution in [3.8, 4) is 0 Å². The average Bonchev–Trinajstić information content (AvgIpc) is 2.83. The highest BCUT2D eigenvalue weighted by Gasteiger charge is 2.33. The van der Waals surface area contributed by atoms with Crippen LogP contribution in [0, 0.1) is 6.92 Å². The minimum atomic E-state index is -4.51. The smallest absolute Gasteiger partial charge is 0.418 e. The molecular weight excluding hydrogens is 309 g/mol. The van der Waals surface area contributed by atoms with Gasteiger partial charge in [-0.25, -0.2) is 0 Å². The van der Waals surface area contributed by atoms with E-state index in [1.807, 2.05) is 13.0 Å². The maximum atomic E-state index is 12.9. The van der Waals surface area contributed by atoms with Crippen molar-refractivity contribution in [3.05, 3.63) is 53.5 Å². The maximum absolute atomic E-state index is 12.9. The Morgan fingerprint density at radius 1 is 1.22 bits per heavy atom. The van der Waals surface area contributed by atoms with Crippen molar-refractivity contribution in [1.82, 2.24) is 4.90 Å². The summed E-state index contributed by atoms with van der Waals surface area (Å²) in [4.78, 5) is 13.6. The number of aryl methyl sites for hydroxylation is 1. The Kier molecular flexibility index (Phi) is 5.10. The lowest BCUT2D eigenvalue weighted by atomic mass is 10.1. The number of alkyl halides is 3. The van der Waals surface area contributed by atoms with Crippen LogP contribution in [0.4, 0.5) is 18.9 Å². The van der Waals surface area contributed by atoms with Crippen LogP contribution < -0.4 is 5.32 Å². The zero-order valence-electron chi connectivity index (χ0n) is 12.8. The fourth-order valence-corrected chi connectivity index (χ4v) is 2.17. The summed E-state index contributed by atoms with van der Waals surface area (Å²) in [5.41, 5.74) is -1.11. The second-order valence-corrected chi connectivity index (χ2v) is 5.28. The van der Waals surface area contributed by atoms with Gasteiger partial charge >= 0.3 is 6.18 Å². The topological polar surface area (TPSA) is 45.5 Å². The van der Waals surface area contributed by atoms with Gasteiger partial charge in [-0.2, -0.15) is 13.2 Å². The normalized spacial score (nSPS) is 11.7. The molecule has 1 aromatic carbocycles. The van der Waals surface area contributed by atoms with Gasteiger partial charge in [0.05, 0.1) is 24.3 Å². The molecule has 0 unspecified atom stereocenters. The van der Waals surface area contributed by atoms with Gasteiger partial charge in [0.1, 0.15) is 11.5 Å². The number of benzene rings is 1. The van der Waals surface area contributed by atoms with E-state index in [9.17, 15) is 18.0 Å². The number of halogens is 3. The number of hydrogen-bond donors (Lipinski definition) is 1. The summed E-state index contributed by atoms with van der Waals surface area (Å²) < 4.78 is 44.0. The summed E-state index contributed by atoms with van der Waals surface area (Å²) >= 11 is 0. The number of anilines is 1. The fourth-order valence-electron chi connectivity index (χ4n) is 2.17. The number of para-hydroxylation sites is 1. The Labute approximate surface area is 131 Å². The molecule has 0 atom stereocenters. The van der Waals surface area contributed by atoms with E-state index in [0.29, 0.717) is 12.3 Å². The number of carbonyl (C=O) groups excluding carboxylic acids is 1. The van der Waals surface area contributed by atoms with Crippen molar-refractivity contribution in [1.29, 1.82) is 0 Å². The molecule has 0 bridgehead atoms. The van der Waals surface area contributed by atoms with Gasteiger partial charge in [0.2, 0.25) is 5.91 Å². The molecule has 0 fully saturated rings. The lowest BCUT2D eigenvalue weighted by Crippen LogP contribution is -2.30. The third kappa shape index (κ3) is 4.85. The number of likely N-dealkylation sites (N-methyl/N-ethyl adjacent to an activating group) is 1. The van der Waals surface area contributed by atoms with Crippen LogP contribution in [0.15, 0.2) is 40.8 Å². The van der Waals surface area contributed by atoms with E-state index in [0.717, 1.165) is 11.8 Å². The van der Waals surface area contributed by atoms with Crippen LogP contribution in [0.2, 0.25) is 0 Å². The van der Waals surface area contributed by atoms with Gasteiger partial charge in [-0.15, -0.1) is 0 Å². The molecule has 124 valence electrons. The van der Waals surface area contributed by atoms with Crippen molar-refractivity contribution in [2.24, 2.45) is 0 Å². The van der Waals surface area contributed by atoms with Gasteiger partial charge in [-0.1, -0.05) is 12.1 Å². The highest BCUT2D eigenvalue weighted by molar-refractivity contribution is 5.93. The van der Waals surface area contributed by atoms with Crippen molar-refractivity contribution < 1.29 is 22.4 Å². The number of furan rings is 1. The van der Waals surface area contributed by atoms with Crippen molar-refractivity contribution >= 4 is 11.6 Å². The molecule has 1 aromatic heterocycles. The zero-order valence-corrected chi connectivity index (χ0v) is 12.8. The summed E-state index contributed by atoms with van der Waals surface area (Å²) in [6.07, 6.45) is -4.51. The summed E-state index contributed by atoms with van der Waals surface area (Å²) in [7, 11) is 1.69. The molecule has 1 N–H and O–H groups in total. The quantitative estimate of drug-likeness (QED) is 0.912. The number of carbonyl (C=O) groups is 1. The Hall–Kier alpha value is -2.28. The van der Waals surface area contributed by atoms with Crippen LogP contribution in [0.5, 0.6) is 0 Å². The minimum Gasteiger partial charge on any atom is -0.465 e. The summed E-state index contributed by atoms with van der Waals surface area (Å²) in [5, 5.41) is 2.31. The van der Waals surface area contributed by atoms with Gasteiger partial charge < -0.3 is 9.73 Å². The van der Waals surface area contributed by atoms with E-state index in [1.165, 1.54) is 18.2 Å². The maximum Gasteiger partial charge on any atom is 0.418 e. The number of rotatable bonds is 5. The Morgan fingerprint density at radius 3 is 2.52 bits per heavy atom. The molecular formula is C16H17F3N2O2. The Morgan fingerprint density at radius 2 is 1.91 bits per heavy atom. The van der Waals surface area contributed by atoms with Crippen molar-refractivity contribution in [2.75, 3.05) is 18.9 Å². The van der Waals surface area contributed by atoms with E-state index in [-0.39, 0.29) is 12.2 Å². The lowest BCUT2D eigenvalue weighted by Gasteiger charge is -2.17. The number of amides is 1. The number of nitrogens with one attached hydrogen (secondary N) is 1. The first-order valence-corrected chi connectivity index (χ1v) is 6.95. The van der Waals surface area contributed by atoms with Crippen LogP contribution in [0.25, 0.3) is 0 Å². The van der Waals surface area contributed by atoms with E-state index >= 15 is 0 Å². The molecule has 2 aromatic rings. The van der Waals surface area contributed by atoms with Gasteiger partial charge in [0.25, 0.3) is 0 Å². The SMILES string of the molecule is Cc1ccc(CN(C)CC(=O)Nc2ccccc2C(F)(F)F)o1. The highest BCUT2D eigenvalue weighted by Crippen LogP contribution is 2.34. The second-order valence-electron chi connectivity index (χ2n) is 5.28. The minimum absolute atomic E-state index is 0.0497. The monoisotopic (exact) mass is 326 g/mol. The number of hydrogen-bond acceptors (Lipinski definition) is 3. The molecule has 0 radical (unpaired) electrons. The molecule has 4 nitrogen and oxygen atoms in total. The number of nitrogens with zero attached hydrogens (tertiary/aromatic N) is 1. The van der Waals surface area contributed by atoms with Gasteiger partial charge in [-0.05, 0) is 38.2 Å². The first-order valence-electron chi connectivity index (χ1n) is 6.95. The van der Waals surface area contributed by atoms with Crippen molar-refractivity contribution in [2.45, 2.75) is 19.6 Å². The average molecular weight is 326 g/mol. The summed E-state index contributed by atoms with van der Waals surface area (Å²) in [6, 6.07) is 8.50. The standard InChI is InChI=1S/C16H17F3N2O2/c1-11-7-8-12(23-11)9-21(2)10-15(22)20-14-6-4-3-5-13(14)16(17,18)19/h3-8H,9-10H2,1-2H3,(H,20,22). The van der Waals surface area contributed by atoms with E-state index in [4.69, 9.17) is 4.42 Å². The predicted molar refractivity (Wildman–Crippen MR) is 79.9 cm³/mol. The highest BCUT2D eigenvalue weighted by atomic mass is 19.4. The third-order valence-corrected chi connectivity index (χ3v) is 3.14. The lowest BCUT2D eigenvalue weighted by molar-refractivity contribution is -0.137. The predicted octanol–water partition coefficient (Wildman–Crippen LogP) is 3.68. The van der Waals surface area contributed by atoms with Crippen LogP contribution in [-0.2, 0) is 17.5 Å². The molecule has 7 heteroatoms. The first kappa shape index (κ1) is 17.1. The molecule has 0 aliphatic heterocycles. The molecule has 23 heavy (non-hydrogen) atoms. The largest absolute Gasteiger partial charge is 0.465 e. The molecule has 0 saturated carbocycles. The van der Waals surface area contributed by atoms with Gasteiger partial charge in [0.15, 0.2) is 0 Å². The fraction of sp³-hybridized carbons (Fsp3) is 0.312. The van der Waals surface area contributed by atoms with Gasteiger partial charge in [0, 0.05) is 0 Å². The summed E-state index contributed by atoms with van der Waals surface area (Å²) in [5.74, 6) is 0.929. The summed E-state index contributed by atoms with van der Waals surface area (Å²) in [6.45, 7) is 2.15. The van der Waals surface area contributed by atoms with E-state index < -0.39 is 17.6 Å². The van der Waals surface area contributed by atoms with E-state index in [1.54, 1.807) is 18.0 Å². The van der Waals surface area contributed by atoms with Crippen LogP contribution in [-0.4, -0.2) is 24.4 Å². The zero-order chi connectivity index (χ0) is 17.0. The van der Waals surface area contributed by atoms with Crippen LogP contribution >= 0.6 is 0 Å². The molecule has 1 amide bonds. The molecule has 0 spiro atoms. The van der Waals surface area contributed by atoms with E-state index in [2.05, 4.69) is 5.32 Å². The molecule has 1 heterocycles. The van der Waals surface area contributed by atoms with Crippen LogP contribution in [0.3, 0.4) is 0 Å². The second kappa shape index (κ2) is 6.87. The van der Waals surface area contributed by atoms with Gasteiger partial charge in [-0.3, -0.25) is 9.69 Å². The third-order valence-electron chi connectivity index (χ3n) is 3.14. The first-order chi connectivity index (χ1) is 10.8. The van der Waals surface area contributed by atoms with Crippen LogP contribution in [0.1, 0.15) is 17.1 Å².